The van der Waals surface area contributed by atoms with Crippen molar-refractivity contribution < 1.29 is 4.74 Å². The Kier molecular flexibility index (Phi) is 3.54. The summed E-state index contributed by atoms with van der Waals surface area (Å²) >= 11 is 6.15. The lowest BCUT2D eigenvalue weighted by Gasteiger charge is -2.34. The van der Waals surface area contributed by atoms with Gasteiger partial charge in [-0.05, 0) is 18.9 Å². The number of anilines is 1. The van der Waals surface area contributed by atoms with Gasteiger partial charge < -0.3 is 10.1 Å². The number of ether oxygens (including phenoxy) is 1. The zero-order chi connectivity index (χ0) is 17.7. The number of hydrogen-bond donors (Lipinski definition) is 1. The smallest absolute Gasteiger partial charge is 0.241 e. The van der Waals surface area contributed by atoms with Crippen molar-refractivity contribution in [1.29, 1.82) is 0 Å². The number of nitrogens with zero attached hydrogens (tertiary/aromatic N) is 6. The van der Waals surface area contributed by atoms with Crippen molar-refractivity contribution in [3.8, 4) is 11.1 Å². The number of nitrogens with one attached hydrogen (secondary N) is 1. The summed E-state index contributed by atoms with van der Waals surface area (Å²) in [6, 6.07) is 2.36. The lowest BCUT2D eigenvalue weighted by atomic mass is 9.89. The van der Waals surface area contributed by atoms with Crippen LogP contribution < -0.4 is 5.32 Å². The van der Waals surface area contributed by atoms with Crippen LogP contribution in [-0.4, -0.2) is 48.2 Å². The van der Waals surface area contributed by atoms with Gasteiger partial charge in [0.05, 0.1) is 24.0 Å². The second-order valence-corrected chi connectivity index (χ2v) is 6.79. The predicted octanol–water partition coefficient (Wildman–Crippen LogP) is 2.68. The van der Waals surface area contributed by atoms with E-state index in [2.05, 4.69) is 25.4 Å². The fourth-order valence-electron chi connectivity index (χ4n) is 3.25. The molecule has 0 bridgehead atoms. The Morgan fingerprint density at radius 1 is 1.19 bits per heavy atom. The van der Waals surface area contributed by atoms with Gasteiger partial charge in [-0.25, -0.2) is 19.5 Å². The van der Waals surface area contributed by atoms with E-state index in [-0.39, 0.29) is 0 Å². The van der Waals surface area contributed by atoms with E-state index in [9.17, 15) is 0 Å². The summed E-state index contributed by atoms with van der Waals surface area (Å²) in [5.41, 5.74) is 2.81. The lowest BCUT2D eigenvalue weighted by Crippen LogP contribution is -2.40. The molecule has 0 unspecified atom stereocenters. The molecule has 1 aliphatic rings. The number of halogens is 1. The number of hydrogen-bond acceptors (Lipinski definition) is 6. The van der Waals surface area contributed by atoms with Gasteiger partial charge in [-0.2, -0.15) is 0 Å². The molecule has 0 atom stereocenters. The monoisotopic (exact) mass is 369 g/mol. The van der Waals surface area contributed by atoms with Crippen LogP contribution >= 0.6 is 11.6 Å². The van der Waals surface area contributed by atoms with Crippen LogP contribution in [0.5, 0.6) is 0 Å². The molecule has 0 aromatic carbocycles. The summed E-state index contributed by atoms with van der Waals surface area (Å²) in [7, 11) is 1.74. The predicted molar refractivity (Wildman–Crippen MR) is 97.4 cm³/mol. The van der Waals surface area contributed by atoms with Crippen LogP contribution in [0, 0.1) is 0 Å². The number of rotatable bonds is 4. The van der Waals surface area contributed by atoms with Crippen LogP contribution in [0.25, 0.3) is 22.4 Å². The largest absolute Gasteiger partial charge is 0.381 e. The molecule has 0 saturated heterocycles. The normalized spacial score (nSPS) is 19.8. The topological polar surface area (TPSA) is 81.6 Å². The first kappa shape index (κ1) is 15.5. The number of imidazole rings is 1. The lowest BCUT2D eigenvalue weighted by molar-refractivity contribution is 0.0326. The maximum atomic E-state index is 6.15. The van der Waals surface area contributed by atoms with Gasteiger partial charge in [0.1, 0.15) is 5.15 Å². The summed E-state index contributed by atoms with van der Waals surface area (Å²) in [4.78, 5) is 12.9. The molecule has 4 aromatic rings. The van der Waals surface area contributed by atoms with Crippen molar-refractivity contribution in [1.82, 2.24) is 29.0 Å². The molecular formula is C17H16ClN7O. The van der Waals surface area contributed by atoms with E-state index in [1.54, 1.807) is 23.9 Å². The minimum atomic E-state index is 0.340. The highest BCUT2D eigenvalue weighted by Gasteiger charge is 2.29. The molecular weight excluding hydrogens is 354 g/mol. The molecule has 26 heavy (non-hydrogen) atoms. The van der Waals surface area contributed by atoms with Gasteiger partial charge in [0.15, 0.2) is 0 Å². The van der Waals surface area contributed by atoms with Gasteiger partial charge in [-0.1, -0.05) is 11.6 Å². The second kappa shape index (κ2) is 5.93. The average molecular weight is 370 g/mol. The third-order valence-electron chi connectivity index (χ3n) is 4.81. The summed E-state index contributed by atoms with van der Waals surface area (Å²) in [6.07, 6.45) is 11.3. The Labute approximate surface area is 153 Å². The van der Waals surface area contributed by atoms with E-state index in [0.717, 1.165) is 29.5 Å². The minimum absolute atomic E-state index is 0.340. The zero-order valence-corrected chi connectivity index (χ0v) is 14.8. The van der Waals surface area contributed by atoms with Crippen molar-refractivity contribution in [2.24, 2.45) is 0 Å². The van der Waals surface area contributed by atoms with Crippen LogP contribution in [0.15, 0.2) is 37.1 Å². The Morgan fingerprint density at radius 3 is 2.88 bits per heavy atom. The second-order valence-electron chi connectivity index (χ2n) is 6.40. The molecule has 1 N–H and O–H groups in total. The van der Waals surface area contributed by atoms with E-state index in [4.69, 9.17) is 16.3 Å². The van der Waals surface area contributed by atoms with Crippen molar-refractivity contribution >= 4 is 28.8 Å². The van der Waals surface area contributed by atoms with E-state index in [1.165, 1.54) is 0 Å². The Balaban J connectivity index is 1.46. The third-order valence-corrected chi connectivity index (χ3v) is 5.09. The first-order valence-electron chi connectivity index (χ1n) is 8.34. The summed E-state index contributed by atoms with van der Waals surface area (Å²) in [5.74, 6) is 1.19. The van der Waals surface area contributed by atoms with Crippen LogP contribution in [0.2, 0.25) is 5.15 Å². The fourth-order valence-corrected chi connectivity index (χ4v) is 3.43. The molecule has 5 rings (SSSR count). The van der Waals surface area contributed by atoms with E-state index >= 15 is 0 Å². The Hall–Kier alpha value is -2.71. The van der Waals surface area contributed by atoms with Crippen molar-refractivity contribution in [2.75, 3.05) is 12.4 Å². The van der Waals surface area contributed by atoms with Crippen LogP contribution in [-0.2, 0) is 4.74 Å². The molecule has 1 fully saturated rings. The van der Waals surface area contributed by atoms with E-state index in [1.807, 2.05) is 29.2 Å². The number of fused-ring (bicyclic) bond motifs is 2. The van der Waals surface area contributed by atoms with E-state index < -0.39 is 0 Å². The molecule has 0 aliphatic heterocycles. The Morgan fingerprint density at radius 2 is 2.04 bits per heavy atom. The minimum Gasteiger partial charge on any atom is -0.381 e. The summed E-state index contributed by atoms with van der Waals surface area (Å²) in [5, 5.41) is 8.42. The molecule has 1 saturated carbocycles. The van der Waals surface area contributed by atoms with E-state index in [0.29, 0.717) is 29.0 Å². The molecule has 0 amide bonds. The molecule has 4 heterocycles. The van der Waals surface area contributed by atoms with Gasteiger partial charge in [-0.15, -0.1) is 5.10 Å². The highest BCUT2D eigenvalue weighted by atomic mass is 35.5. The number of aromatic nitrogens is 6. The van der Waals surface area contributed by atoms with Gasteiger partial charge in [0.25, 0.3) is 0 Å². The Bertz CT molecular complexity index is 1100. The van der Waals surface area contributed by atoms with Crippen LogP contribution in [0.3, 0.4) is 0 Å². The van der Waals surface area contributed by atoms with Crippen molar-refractivity contribution in [2.45, 2.75) is 25.0 Å². The van der Waals surface area contributed by atoms with Crippen LogP contribution in [0.1, 0.15) is 12.8 Å². The van der Waals surface area contributed by atoms with Gasteiger partial charge in [0, 0.05) is 42.9 Å². The standard InChI is InChI=1S/C17H16ClN7O/c1-26-12-4-11(5-12)22-16-19-7-14-13(2-3-25(14)23-16)10-6-20-17-21-8-15(18)24(17)9-10/h2-3,6-9,11-12H,4-5H2,1H3,(H,22,23)/t11-,12+. The first-order chi connectivity index (χ1) is 12.7. The third kappa shape index (κ3) is 2.49. The maximum Gasteiger partial charge on any atom is 0.241 e. The molecule has 132 valence electrons. The molecule has 0 spiro atoms. The summed E-state index contributed by atoms with van der Waals surface area (Å²) < 4.78 is 8.87. The van der Waals surface area contributed by atoms with Crippen LogP contribution in [0.4, 0.5) is 5.95 Å². The van der Waals surface area contributed by atoms with Crippen molar-refractivity contribution in [3.05, 3.63) is 42.2 Å². The molecule has 0 radical (unpaired) electrons. The zero-order valence-electron chi connectivity index (χ0n) is 14.0. The quantitative estimate of drug-likeness (QED) is 0.595. The molecule has 9 heteroatoms. The number of methoxy groups -OCH3 is 1. The highest BCUT2D eigenvalue weighted by Crippen LogP contribution is 2.27. The molecule has 8 nitrogen and oxygen atoms in total. The van der Waals surface area contributed by atoms with Gasteiger partial charge >= 0.3 is 0 Å². The summed E-state index contributed by atoms with van der Waals surface area (Å²) in [6.45, 7) is 0. The van der Waals surface area contributed by atoms with Gasteiger partial charge in [-0.3, -0.25) is 4.40 Å². The first-order valence-corrected chi connectivity index (χ1v) is 8.72. The highest BCUT2D eigenvalue weighted by molar-refractivity contribution is 6.29. The fraction of sp³-hybridized carbons (Fsp3) is 0.294. The molecule has 1 aliphatic carbocycles. The maximum absolute atomic E-state index is 6.15. The SMILES string of the molecule is CO[C@H]1C[C@@H](Nc2ncc3c(-c4cnc5ncc(Cl)n5c4)ccn3n2)C1. The average Bonchev–Trinajstić information content (AvgIpc) is 3.21. The van der Waals surface area contributed by atoms with Gasteiger partial charge in [0.2, 0.25) is 11.7 Å². The molecule has 4 aromatic heterocycles. The van der Waals surface area contributed by atoms with Crippen molar-refractivity contribution in [3.63, 3.8) is 0 Å².